The first-order valence-corrected chi connectivity index (χ1v) is 7.89. The van der Waals surface area contributed by atoms with Crippen molar-refractivity contribution in [2.24, 2.45) is 0 Å². The SMILES string of the molecule is Cl.O=C(NCC(O)C1Cc2ccccc2CN1)c1ccc(Cl)nc1. The zero-order valence-electron chi connectivity index (χ0n) is 12.9. The molecule has 1 aliphatic rings. The zero-order valence-corrected chi connectivity index (χ0v) is 14.5. The number of rotatable bonds is 4. The number of halogens is 2. The molecule has 0 saturated carbocycles. The van der Waals surface area contributed by atoms with Crippen LogP contribution in [0.2, 0.25) is 5.15 Å². The molecule has 0 aliphatic carbocycles. The lowest BCUT2D eigenvalue weighted by molar-refractivity contribution is 0.0869. The second-order valence-electron chi connectivity index (χ2n) is 5.61. The Morgan fingerprint density at radius 1 is 1.33 bits per heavy atom. The van der Waals surface area contributed by atoms with E-state index in [1.54, 1.807) is 12.1 Å². The average molecular weight is 368 g/mol. The van der Waals surface area contributed by atoms with E-state index in [2.05, 4.69) is 27.8 Å². The van der Waals surface area contributed by atoms with Crippen molar-refractivity contribution in [2.75, 3.05) is 6.54 Å². The van der Waals surface area contributed by atoms with Crippen molar-refractivity contribution in [2.45, 2.75) is 25.1 Å². The maximum atomic E-state index is 12.0. The van der Waals surface area contributed by atoms with Crippen molar-refractivity contribution in [3.05, 3.63) is 64.4 Å². The van der Waals surface area contributed by atoms with Gasteiger partial charge in [0.1, 0.15) is 5.15 Å². The van der Waals surface area contributed by atoms with Gasteiger partial charge in [-0.15, -0.1) is 12.4 Å². The molecule has 128 valence electrons. The fourth-order valence-corrected chi connectivity index (χ4v) is 2.81. The molecular formula is C17H19Cl2N3O2. The minimum Gasteiger partial charge on any atom is -0.390 e. The first-order valence-electron chi connectivity index (χ1n) is 7.51. The summed E-state index contributed by atoms with van der Waals surface area (Å²) in [5, 5.41) is 16.7. The number of nitrogens with one attached hydrogen (secondary N) is 2. The van der Waals surface area contributed by atoms with Crippen molar-refractivity contribution in [1.82, 2.24) is 15.6 Å². The third-order valence-electron chi connectivity index (χ3n) is 4.04. The highest BCUT2D eigenvalue weighted by molar-refractivity contribution is 6.29. The van der Waals surface area contributed by atoms with Crippen molar-refractivity contribution in [1.29, 1.82) is 0 Å². The molecule has 3 rings (SSSR count). The van der Waals surface area contributed by atoms with Gasteiger partial charge in [0, 0.05) is 25.3 Å². The monoisotopic (exact) mass is 367 g/mol. The van der Waals surface area contributed by atoms with Gasteiger partial charge in [-0.2, -0.15) is 0 Å². The molecule has 0 saturated heterocycles. The number of pyridine rings is 1. The standard InChI is InChI=1S/C17H18ClN3O2.ClH/c18-16-6-5-13(9-20-16)17(23)21-10-15(22)14-7-11-3-1-2-4-12(11)8-19-14;/h1-6,9,14-15,19,22H,7-8,10H2,(H,21,23);1H. The van der Waals surface area contributed by atoms with E-state index < -0.39 is 6.10 Å². The minimum atomic E-state index is -0.660. The lowest BCUT2D eigenvalue weighted by Crippen LogP contribution is -2.49. The molecule has 0 radical (unpaired) electrons. The van der Waals surface area contributed by atoms with Crippen LogP contribution in [0.25, 0.3) is 0 Å². The highest BCUT2D eigenvalue weighted by Gasteiger charge is 2.24. The summed E-state index contributed by atoms with van der Waals surface area (Å²) in [6, 6.07) is 11.3. The fraction of sp³-hybridized carbons (Fsp3) is 0.294. The van der Waals surface area contributed by atoms with Gasteiger partial charge in [0.2, 0.25) is 0 Å². The molecule has 1 aromatic carbocycles. The number of fused-ring (bicyclic) bond motifs is 1. The molecule has 2 aromatic rings. The van der Waals surface area contributed by atoms with Crippen LogP contribution in [0, 0.1) is 0 Å². The summed E-state index contributed by atoms with van der Waals surface area (Å²) in [5.74, 6) is -0.274. The molecule has 0 bridgehead atoms. The number of nitrogens with zero attached hydrogens (tertiary/aromatic N) is 1. The molecule has 2 heterocycles. The van der Waals surface area contributed by atoms with Crippen LogP contribution in [-0.2, 0) is 13.0 Å². The second-order valence-corrected chi connectivity index (χ2v) is 5.99. The lowest BCUT2D eigenvalue weighted by atomic mass is 9.93. The summed E-state index contributed by atoms with van der Waals surface area (Å²) in [5.41, 5.74) is 2.92. The molecule has 3 N–H and O–H groups in total. The Kier molecular flexibility index (Phi) is 6.57. The summed E-state index contributed by atoms with van der Waals surface area (Å²) in [4.78, 5) is 15.9. The molecule has 1 aliphatic heterocycles. The number of aromatic nitrogens is 1. The van der Waals surface area contributed by atoms with E-state index >= 15 is 0 Å². The summed E-state index contributed by atoms with van der Waals surface area (Å²) in [6.45, 7) is 0.911. The van der Waals surface area contributed by atoms with Gasteiger partial charge in [-0.3, -0.25) is 4.79 Å². The molecule has 2 atom stereocenters. The highest BCUT2D eigenvalue weighted by atomic mass is 35.5. The summed E-state index contributed by atoms with van der Waals surface area (Å²) in [7, 11) is 0. The van der Waals surface area contributed by atoms with E-state index in [-0.39, 0.29) is 30.9 Å². The Labute approximate surface area is 151 Å². The van der Waals surface area contributed by atoms with Gasteiger partial charge in [-0.1, -0.05) is 35.9 Å². The quantitative estimate of drug-likeness (QED) is 0.722. The number of hydrogen-bond acceptors (Lipinski definition) is 4. The number of hydrogen-bond donors (Lipinski definition) is 3. The van der Waals surface area contributed by atoms with Gasteiger partial charge < -0.3 is 15.7 Å². The first-order chi connectivity index (χ1) is 11.1. The predicted octanol–water partition coefficient (Wildman–Crippen LogP) is 1.96. The van der Waals surface area contributed by atoms with Crippen molar-refractivity contribution in [3.8, 4) is 0 Å². The Balaban J connectivity index is 0.00000208. The molecule has 1 aromatic heterocycles. The Bertz CT molecular complexity index is 694. The topological polar surface area (TPSA) is 74.2 Å². The van der Waals surface area contributed by atoms with Crippen LogP contribution in [-0.4, -0.2) is 34.7 Å². The van der Waals surface area contributed by atoms with E-state index in [0.29, 0.717) is 10.7 Å². The van der Waals surface area contributed by atoms with Crippen LogP contribution in [0.5, 0.6) is 0 Å². The van der Waals surface area contributed by atoms with Crippen molar-refractivity contribution in [3.63, 3.8) is 0 Å². The van der Waals surface area contributed by atoms with Gasteiger partial charge in [0.05, 0.1) is 11.7 Å². The third-order valence-corrected chi connectivity index (χ3v) is 4.26. The van der Waals surface area contributed by atoms with Crippen molar-refractivity contribution >= 4 is 29.9 Å². The molecule has 0 fully saturated rings. The molecule has 0 spiro atoms. The Morgan fingerprint density at radius 3 is 2.79 bits per heavy atom. The van der Waals surface area contributed by atoms with Gasteiger partial charge in [0.25, 0.3) is 5.91 Å². The number of aliphatic hydroxyl groups is 1. The van der Waals surface area contributed by atoms with Gasteiger partial charge in [-0.05, 0) is 29.7 Å². The molecule has 24 heavy (non-hydrogen) atoms. The zero-order chi connectivity index (χ0) is 16.2. The molecule has 1 amide bonds. The fourth-order valence-electron chi connectivity index (χ4n) is 2.70. The summed E-state index contributed by atoms with van der Waals surface area (Å²) >= 11 is 5.70. The third kappa shape index (κ3) is 4.45. The largest absolute Gasteiger partial charge is 0.390 e. The number of benzene rings is 1. The summed E-state index contributed by atoms with van der Waals surface area (Å²) < 4.78 is 0. The Morgan fingerprint density at radius 2 is 2.08 bits per heavy atom. The molecule has 5 nitrogen and oxygen atoms in total. The van der Waals surface area contributed by atoms with Crippen LogP contribution in [0.3, 0.4) is 0 Å². The predicted molar refractivity (Wildman–Crippen MR) is 95.6 cm³/mol. The van der Waals surface area contributed by atoms with Crippen LogP contribution in [0.1, 0.15) is 21.5 Å². The maximum absolute atomic E-state index is 12.0. The van der Waals surface area contributed by atoms with E-state index in [0.717, 1.165) is 13.0 Å². The summed E-state index contributed by atoms with van der Waals surface area (Å²) in [6.07, 6.45) is 1.50. The molecule has 7 heteroatoms. The number of amides is 1. The van der Waals surface area contributed by atoms with E-state index in [1.807, 2.05) is 12.1 Å². The lowest BCUT2D eigenvalue weighted by Gasteiger charge is -2.30. The molecule has 2 unspecified atom stereocenters. The number of carbonyl (C=O) groups is 1. The number of carbonyl (C=O) groups excluding carboxylic acids is 1. The van der Waals surface area contributed by atoms with Gasteiger partial charge in [0.15, 0.2) is 0 Å². The van der Waals surface area contributed by atoms with Crippen LogP contribution < -0.4 is 10.6 Å². The molecular weight excluding hydrogens is 349 g/mol. The van der Waals surface area contributed by atoms with Crippen LogP contribution in [0.15, 0.2) is 42.6 Å². The first kappa shape index (κ1) is 18.7. The Hall–Kier alpha value is -1.66. The van der Waals surface area contributed by atoms with E-state index in [9.17, 15) is 9.90 Å². The average Bonchev–Trinajstić information content (AvgIpc) is 2.59. The van der Waals surface area contributed by atoms with Crippen LogP contribution in [0.4, 0.5) is 0 Å². The van der Waals surface area contributed by atoms with Gasteiger partial charge >= 0.3 is 0 Å². The maximum Gasteiger partial charge on any atom is 0.252 e. The smallest absolute Gasteiger partial charge is 0.252 e. The number of aliphatic hydroxyl groups excluding tert-OH is 1. The van der Waals surface area contributed by atoms with Crippen molar-refractivity contribution < 1.29 is 9.90 Å². The van der Waals surface area contributed by atoms with Gasteiger partial charge in [-0.25, -0.2) is 4.98 Å². The minimum absolute atomic E-state index is 0. The van der Waals surface area contributed by atoms with E-state index in [1.165, 1.54) is 17.3 Å². The normalized spacial score (nSPS) is 17.3. The van der Waals surface area contributed by atoms with Crippen LogP contribution >= 0.6 is 24.0 Å². The highest BCUT2D eigenvalue weighted by Crippen LogP contribution is 2.17. The second kappa shape index (κ2) is 8.44. The van der Waals surface area contributed by atoms with E-state index in [4.69, 9.17) is 11.6 Å².